The van der Waals surface area contributed by atoms with Crippen molar-refractivity contribution in [3.63, 3.8) is 0 Å². The molecule has 26 heavy (non-hydrogen) atoms. The molecule has 0 spiro atoms. The van der Waals surface area contributed by atoms with Gasteiger partial charge in [0.2, 0.25) is 0 Å². The van der Waals surface area contributed by atoms with Crippen LogP contribution in [-0.4, -0.2) is 44.3 Å². The monoisotopic (exact) mass is 349 g/mol. The largest absolute Gasteiger partial charge is 0.337 e. The van der Waals surface area contributed by atoms with E-state index in [2.05, 4.69) is 51.6 Å². The summed E-state index contributed by atoms with van der Waals surface area (Å²) in [5.74, 6) is 0.398. The zero-order valence-corrected chi connectivity index (χ0v) is 15.1. The van der Waals surface area contributed by atoms with Crippen molar-refractivity contribution in [1.29, 1.82) is 0 Å². The van der Waals surface area contributed by atoms with Crippen molar-refractivity contribution >= 4 is 5.91 Å². The van der Waals surface area contributed by atoms with Crippen LogP contribution in [0.5, 0.6) is 0 Å². The first kappa shape index (κ1) is 16.6. The lowest BCUT2D eigenvalue weighted by atomic mass is 9.89. The van der Waals surface area contributed by atoms with Crippen LogP contribution >= 0.6 is 0 Å². The minimum absolute atomic E-state index is 0.0105. The molecule has 3 heterocycles. The van der Waals surface area contributed by atoms with E-state index in [4.69, 9.17) is 0 Å². The average Bonchev–Trinajstić information content (AvgIpc) is 3.30. The Bertz CT molecular complexity index is 918. The lowest BCUT2D eigenvalue weighted by molar-refractivity contribution is 0.0706. The number of amides is 1. The highest BCUT2D eigenvalue weighted by Gasteiger charge is 2.28. The summed E-state index contributed by atoms with van der Waals surface area (Å²) >= 11 is 0. The second-order valence-corrected chi connectivity index (χ2v) is 7.07. The van der Waals surface area contributed by atoms with Gasteiger partial charge in [0.25, 0.3) is 5.91 Å². The first-order valence-electron chi connectivity index (χ1n) is 9.03. The molecule has 0 saturated carbocycles. The fraction of sp³-hybridized carbons (Fsp3) is 0.350. The summed E-state index contributed by atoms with van der Waals surface area (Å²) in [6, 6.07) is 10.3. The van der Waals surface area contributed by atoms with Crippen molar-refractivity contribution in [3.05, 3.63) is 59.2 Å². The van der Waals surface area contributed by atoms with Crippen LogP contribution in [0.3, 0.4) is 0 Å². The molecule has 6 heteroatoms. The first-order chi connectivity index (χ1) is 12.6. The molecule has 0 aliphatic carbocycles. The van der Waals surface area contributed by atoms with E-state index < -0.39 is 0 Å². The predicted molar refractivity (Wildman–Crippen MR) is 100.0 cm³/mol. The Hall–Kier alpha value is -2.89. The van der Waals surface area contributed by atoms with E-state index in [-0.39, 0.29) is 5.91 Å². The second kappa shape index (κ2) is 6.78. The maximum atomic E-state index is 12.6. The van der Waals surface area contributed by atoms with E-state index in [9.17, 15) is 4.79 Å². The Balaban J connectivity index is 1.47. The highest BCUT2D eigenvalue weighted by Crippen LogP contribution is 2.34. The number of nitrogens with zero attached hydrogens (tertiary/aromatic N) is 3. The molecule has 3 aromatic rings. The number of carbonyl (C=O) groups excluding carboxylic acids is 1. The molecule has 1 aliphatic rings. The van der Waals surface area contributed by atoms with Gasteiger partial charge in [-0.05, 0) is 38.3 Å². The van der Waals surface area contributed by atoms with E-state index in [1.807, 2.05) is 18.0 Å². The van der Waals surface area contributed by atoms with E-state index in [0.717, 1.165) is 31.6 Å². The number of hydrogen-bond donors (Lipinski definition) is 2. The molecular weight excluding hydrogens is 326 g/mol. The molecule has 6 nitrogen and oxygen atoms in total. The molecule has 1 saturated heterocycles. The van der Waals surface area contributed by atoms with Crippen molar-refractivity contribution in [2.75, 3.05) is 13.1 Å². The highest BCUT2D eigenvalue weighted by molar-refractivity contribution is 5.92. The van der Waals surface area contributed by atoms with Crippen molar-refractivity contribution in [2.45, 2.75) is 32.6 Å². The number of benzene rings is 1. The average molecular weight is 349 g/mol. The van der Waals surface area contributed by atoms with Gasteiger partial charge < -0.3 is 4.90 Å². The quantitative estimate of drug-likeness (QED) is 0.760. The minimum atomic E-state index is 0.0105. The molecule has 0 unspecified atom stereocenters. The van der Waals surface area contributed by atoms with Gasteiger partial charge >= 0.3 is 0 Å². The normalized spacial score (nSPS) is 15.4. The van der Waals surface area contributed by atoms with Crippen LogP contribution in [0.1, 0.15) is 46.2 Å². The minimum Gasteiger partial charge on any atom is -0.337 e. The van der Waals surface area contributed by atoms with Crippen LogP contribution in [0.15, 0.2) is 36.5 Å². The molecule has 134 valence electrons. The van der Waals surface area contributed by atoms with Crippen LogP contribution in [0, 0.1) is 13.8 Å². The number of aromatic amines is 2. The van der Waals surface area contributed by atoms with Crippen LogP contribution in [0.4, 0.5) is 0 Å². The third-order valence-electron chi connectivity index (χ3n) is 5.11. The van der Waals surface area contributed by atoms with Gasteiger partial charge in [0.1, 0.15) is 5.69 Å². The van der Waals surface area contributed by atoms with Crippen molar-refractivity contribution in [2.24, 2.45) is 0 Å². The zero-order chi connectivity index (χ0) is 18.1. The summed E-state index contributed by atoms with van der Waals surface area (Å²) in [6.07, 6.45) is 3.76. The molecule has 0 bridgehead atoms. The smallest absolute Gasteiger partial charge is 0.274 e. The Morgan fingerprint density at radius 1 is 1.15 bits per heavy atom. The number of H-pyrrole nitrogens is 2. The number of aromatic nitrogens is 4. The molecule has 1 amide bonds. The van der Waals surface area contributed by atoms with Gasteiger partial charge in [0, 0.05) is 36.0 Å². The summed E-state index contributed by atoms with van der Waals surface area (Å²) in [7, 11) is 0. The van der Waals surface area contributed by atoms with E-state index in [1.54, 1.807) is 6.07 Å². The first-order valence-corrected chi connectivity index (χ1v) is 9.03. The summed E-state index contributed by atoms with van der Waals surface area (Å²) in [6.45, 7) is 5.48. The molecule has 1 fully saturated rings. The topological polar surface area (TPSA) is 77.7 Å². The Morgan fingerprint density at radius 2 is 1.96 bits per heavy atom. The summed E-state index contributed by atoms with van der Waals surface area (Å²) in [5.41, 5.74) is 6.19. The lowest BCUT2D eigenvalue weighted by Crippen LogP contribution is -2.38. The van der Waals surface area contributed by atoms with E-state index in [0.29, 0.717) is 11.6 Å². The maximum absolute atomic E-state index is 12.6. The number of hydrogen-bond acceptors (Lipinski definition) is 3. The Labute approximate surface area is 152 Å². The molecule has 0 atom stereocenters. The number of rotatable bonds is 3. The molecule has 2 N–H and O–H groups in total. The zero-order valence-electron chi connectivity index (χ0n) is 15.1. The highest BCUT2D eigenvalue weighted by atomic mass is 16.2. The summed E-state index contributed by atoms with van der Waals surface area (Å²) < 4.78 is 0. The van der Waals surface area contributed by atoms with Crippen LogP contribution in [0.25, 0.3) is 11.1 Å². The van der Waals surface area contributed by atoms with Gasteiger partial charge in [-0.3, -0.25) is 15.0 Å². The number of likely N-dealkylation sites (tertiary alicyclic amines) is 1. The van der Waals surface area contributed by atoms with Crippen molar-refractivity contribution in [3.8, 4) is 11.1 Å². The molecule has 1 aromatic carbocycles. The SMILES string of the molecule is Cc1cccc(-c2cn[nH]c2C2CCN(C(=O)c3cc(C)[nH]n3)CC2)c1. The van der Waals surface area contributed by atoms with Gasteiger partial charge in [-0.25, -0.2) is 0 Å². The fourth-order valence-electron chi connectivity index (χ4n) is 3.71. The lowest BCUT2D eigenvalue weighted by Gasteiger charge is -2.31. The van der Waals surface area contributed by atoms with Gasteiger partial charge in [-0.2, -0.15) is 10.2 Å². The van der Waals surface area contributed by atoms with Crippen LogP contribution in [-0.2, 0) is 0 Å². The fourth-order valence-corrected chi connectivity index (χ4v) is 3.71. The molecular formula is C20H23N5O. The van der Waals surface area contributed by atoms with Crippen molar-refractivity contribution < 1.29 is 4.79 Å². The molecule has 4 rings (SSSR count). The number of carbonyl (C=O) groups is 1. The summed E-state index contributed by atoms with van der Waals surface area (Å²) in [4.78, 5) is 14.5. The second-order valence-electron chi connectivity index (χ2n) is 7.07. The van der Waals surface area contributed by atoms with Crippen LogP contribution < -0.4 is 0 Å². The Kier molecular flexibility index (Phi) is 4.32. The molecule has 1 aliphatic heterocycles. The van der Waals surface area contributed by atoms with Crippen LogP contribution in [0.2, 0.25) is 0 Å². The number of aryl methyl sites for hydroxylation is 2. The van der Waals surface area contributed by atoms with E-state index >= 15 is 0 Å². The number of nitrogens with one attached hydrogen (secondary N) is 2. The van der Waals surface area contributed by atoms with Gasteiger partial charge in [-0.15, -0.1) is 0 Å². The Morgan fingerprint density at radius 3 is 2.65 bits per heavy atom. The van der Waals surface area contributed by atoms with Gasteiger partial charge in [0.05, 0.1) is 6.20 Å². The third kappa shape index (κ3) is 3.14. The molecule has 2 aromatic heterocycles. The van der Waals surface area contributed by atoms with Gasteiger partial charge in [0.15, 0.2) is 0 Å². The standard InChI is InChI=1S/C20H23N5O/c1-13-4-3-5-16(10-13)17-12-21-24-19(17)15-6-8-25(9-7-15)20(26)18-11-14(2)22-23-18/h3-5,10-12,15H,6-9H2,1-2H3,(H,21,24)(H,22,23). The third-order valence-corrected chi connectivity index (χ3v) is 5.11. The molecule has 0 radical (unpaired) electrons. The van der Waals surface area contributed by atoms with Crippen molar-refractivity contribution in [1.82, 2.24) is 25.3 Å². The van der Waals surface area contributed by atoms with E-state index in [1.165, 1.54) is 22.4 Å². The maximum Gasteiger partial charge on any atom is 0.274 e. The summed E-state index contributed by atoms with van der Waals surface area (Å²) in [5, 5.41) is 14.4. The predicted octanol–water partition coefficient (Wildman–Crippen LogP) is 3.44. The number of piperidine rings is 1. The van der Waals surface area contributed by atoms with Gasteiger partial charge in [-0.1, -0.05) is 29.8 Å².